The summed E-state index contributed by atoms with van der Waals surface area (Å²) in [5.74, 6) is 0.638. The van der Waals surface area contributed by atoms with E-state index >= 15 is 0 Å². The van der Waals surface area contributed by atoms with Crippen molar-refractivity contribution in [1.82, 2.24) is 9.97 Å². The summed E-state index contributed by atoms with van der Waals surface area (Å²) < 4.78 is 13.0. The lowest BCUT2D eigenvalue weighted by molar-refractivity contribution is 0.681. The van der Waals surface area contributed by atoms with Crippen molar-refractivity contribution in [3.63, 3.8) is 0 Å². The van der Waals surface area contributed by atoms with Crippen molar-refractivity contribution >= 4 is 38.2 Å². The van der Waals surface area contributed by atoms with E-state index in [0.717, 1.165) is 28.9 Å². The molecule has 0 aliphatic carbocycles. The van der Waals surface area contributed by atoms with Crippen LogP contribution in [0.25, 0.3) is 21.6 Å². The molecule has 0 aliphatic heterocycles. The van der Waals surface area contributed by atoms with Crippen molar-refractivity contribution in [3.8, 4) is 11.3 Å². The van der Waals surface area contributed by atoms with E-state index in [0.29, 0.717) is 21.2 Å². The second-order valence-electron chi connectivity index (χ2n) is 4.98. The Labute approximate surface area is 135 Å². The van der Waals surface area contributed by atoms with E-state index in [1.807, 2.05) is 30.3 Å². The Morgan fingerprint density at radius 1 is 1.27 bits per heavy atom. The van der Waals surface area contributed by atoms with Crippen LogP contribution in [0.4, 0.5) is 5.69 Å². The van der Waals surface area contributed by atoms with Crippen LogP contribution in [0.15, 0.2) is 40.7 Å². The molecule has 4 nitrogen and oxygen atoms in total. The van der Waals surface area contributed by atoms with Crippen LogP contribution < -0.4 is 5.73 Å². The molecule has 114 valence electrons. The van der Waals surface area contributed by atoms with E-state index in [2.05, 4.69) is 16.9 Å². The lowest BCUT2D eigenvalue weighted by Gasteiger charge is -1.99. The number of aromatic nitrogens is 2. The standard InChI is InChI=1S/C16H17N3OS2/c1-2-3-9-22(20)16-13(17)14-15(21-16)19-12(10-18-14)11-7-5-4-6-8-11/h4-8,10H,2-3,9,17H2,1H3. The van der Waals surface area contributed by atoms with Gasteiger partial charge in [0.2, 0.25) is 0 Å². The van der Waals surface area contributed by atoms with Gasteiger partial charge in [-0.3, -0.25) is 4.21 Å². The number of rotatable bonds is 5. The Morgan fingerprint density at radius 2 is 2.05 bits per heavy atom. The van der Waals surface area contributed by atoms with E-state index in [4.69, 9.17) is 5.73 Å². The summed E-state index contributed by atoms with van der Waals surface area (Å²) in [5.41, 5.74) is 9.10. The topological polar surface area (TPSA) is 68.9 Å². The molecule has 0 bridgehead atoms. The number of nitrogens with zero attached hydrogens (tertiary/aromatic N) is 2. The van der Waals surface area contributed by atoms with E-state index < -0.39 is 10.8 Å². The first kappa shape index (κ1) is 15.1. The molecule has 2 heterocycles. The highest BCUT2D eigenvalue weighted by Crippen LogP contribution is 2.35. The van der Waals surface area contributed by atoms with Gasteiger partial charge in [0.1, 0.15) is 14.6 Å². The second-order valence-corrected chi connectivity index (χ2v) is 7.75. The van der Waals surface area contributed by atoms with E-state index in [9.17, 15) is 4.21 Å². The van der Waals surface area contributed by atoms with Crippen LogP contribution in [-0.2, 0) is 10.8 Å². The summed E-state index contributed by atoms with van der Waals surface area (Å²) in [5, 5.41) is 0. The van der Waals surface area contributed by atoms with Gasteiger partial charge in [-0.15, -0.1) is 11.3 Å². The molecule has 1 atom stereocenters. The lowest BCUT2D eigenvalue weighted by atomic mass is 10.2. The van der Waals surface area contributed by atoms with Crippen molar-refractivity contribution in [2.45, 2.75) is 24.0 Å². The van der Waals surface area contributed by atoms with Gasteiger partial charge in [0.15, 0.2) is 0 Å². The second kappa shape index (κ2) is 6.54. The lowest BCUT2D eigenvalue weighted by Crippen LogP contribution is -1.98. The predicted octanol–water partition coefficient (Wildman–Crippen LogP) is 3.85. The summed E-state index contributed by atoms with van der Waals surface area (Å²) in [4.78, 5) is 9.81. The minimum atomic E-state index is -1.07. The molecule has 2 aromatic heterocycles. The fraction of sp³-hybridized carbons (Fsp3) is 0.250. The van der Waals surface area contributed by atoms with Crippen LogP contribution >= 0.6 is 11.3 Å². The first-order valence-electron chi connectivity index (χ1n) is 7.19. The zero-order valence-electron chi connectivity index (χ0n) is 12.3. The van der Waals surface area contributed by atoms with Crippen LogP contribution in [-0.4, -0.2) is 19.9 Å². The van der Waals surface area contributed by atoms with E-state index in [1.165, 1.54) is 11.3 Å². The first-order chi connectivity index (χ1) is 10.7. The van der Waals surface area contributed by atoms with Gasteiger partial charge < -0.3 is 5.73 Å². The highest BCUT2D eigenvalue weighted by atomic mass is 32.2. The molecule has 0 aliphatic rings. The molecule has 1 unspecified atom stereocenters. The maximum absolute atomic E-state index is 12.3. The monoisotopic (exact) mass is 331 g/mol. The number of nitrogen functional groups attached to an aromatic ring is 1. The van der Waals surface area contributed by atoms with Gasteiger partial charge in [0, 0.05) is 11.3 Å². The Morgan fingerprint density at radius 3 is 2.77 bits per heavy atom. The molecule has 3 aromatic rings. The minimum Gasteiger partial charge on any atom is -0.395 e. The number of unbranched alkanes of at least 4 members (excludes halogenated alkanes) is 1. The fourth-order valence-electron chi connectivity index (χ4n) is 2.15. The van der Waals surface area contributed by atoms with Crippen LogP contribution in [0, 0.1) is 0 Å². The van der Waals surface area contributed by atoms with Gasteiger partial charge >= 0.3 is 0 Å². The molecule has 0 saturated carbocycles. The summed E-state index contributed by atoms with van der Waals surface area (Å²) in [6.07, 6.45) is 3.67. The van der Waals surface area contributed by atoms with E-state index in [1.54, 1.807) is 6.20 Å². The molecule has 2 N–H and O–H groups in total. The molecule has 22 heavy (non-hydrogen) atoms. The molecular weight excluding hydrogens is 314 g/mol. The molecule has 0 saturated heterocycles. The van der Waals surface area contributed by atoms with Crippen molar-refractivity contribution in [1.29, 1.82) is 0 Å². The highest BCUT2D eigenvalue weighted by Gasteiger charge is 2.17. The third kappa shape index (κ3) is 2.89. The number of hydrogen-bond acceptors (Lipinski definition) is 5. The van der Waals surface area contributed by atoms with Crippen LogP contribution in [0.5, 0.6) is 0 Å². The maximum Gasteiger partial charge on any atom is 0.145 e. The Hall–Kier alpha value is -1.79. The molecule has 0 spiro atoms. The van der Waals surface area contributed by atoms with Crippen molar-refractivity contribution < 1.29 is 4.21 Å². The third-order valence-corrected chi connectivity index (χ3v) is 6.35. The average molecular weight is 331 g/mol. The SMILES string of the molecule is CCCCS(=O)c1sc2nc(-c3ccccc3)cnc2c1N. The number of anilines is 1. The van der Waals surface area contributed by atoms with Crippen LogP contribution in [0.3, 0.4) is 0 Å². The molecular formula is C16H17N3OS2. The van der Waals surface area contributed by atoms with Gasteiger partial charge in [-0.2, -0.15) is 0 Å². The maximum atomic E-state index is 12.3. The largest absolute Gasteiger partial charge is 0.395 e. The van der Waals surface area contributed by atoms with Crippen molar-refractivity contribution in [2.75, 3.05) is 11.5 Å². The fourth-order valence-corrected chi connectivity index (χ4v) is 4.88. The number of fused-ring (bicyclic) bond motifs is 1. The van der Waals surface area contributed by atoms with Gasteiger partial charge in [-0.05, 0) is 6.42 Å². The predicted molar refractivity (Wildman–Crippen MR) is 93.4 cm³/mol. The van der Waals surface area contributed by atoms with E-state index in [-0.39, 0.29) is 0 Å². The summed E-state index contributed by atoms with van der Waals surface area (Å²) in [6, 6.07) is 9.89. The minimum absolute atomic E-state index is 0.515. The van der Waals surface area contributed by atoms with Gasteiger partial charge in [-0.25, -0.2) is 9.97 Å². The van der Waals surface area contributed by atoms with Crippen molar-refractivity contribution in [2.24, 2.45) is 0 Å². The zero-order valence-corrected chi connectivity index (χ0v) is 13.9. The van der Waals surface area contributed by atoms with Gasteiger partial charge in [-0.1, -0.05) is 43.7 Å². The summed E-state index contributed by atoms with van der Waals surface area (Å²) in [6.45, 7) is 2.08. The molecule has 0 amide bonds. The van der Waals surface area contributed by atoms with Gasteiger partial charge in [0.05, 0.1) is 28.4 Å². The molecule has 6 heteroatoms. The van der Waals surface area contributed by atoms with Crippen molar-refractivity contribution in [3.05, 3.63) is 36.5 Å². The molecule has 3 rings (SSSR count). The molecule has 0 fully saturated rings. The van der Waals surface area contributed by atoms with Crippen LogP contribution in [0.1, 0.15) is 19.8 Å². The number of nitrogens with two attached hydrogens (primary N) is 1. The normalized spacial score (nSPS) is 12.6. The number of thiophene rings is 1. The highest BCUT2D eigenvalue weighted by molar-refractivity contribution is 7.87. The Kier molecular flexibility index (Phi) is 4.49. The third-order valence-electron chi connectivity index (χ3n) is 3.36. The van der Waals surface area contributed by atoms with Gasteiger partial charge in [0.25, 0.3) is 0 Å². The smallest absolute Gasteiger partial charge is 0.145 e. The quantitative estimate of drug-likeness (QED) is 0.771. The van der Waals surface area contributed by atoms with Crippen LogP contribution in [0.2, 0.25) is 0 Å². The molecule has 0 radical (unpaired) electrons. The zero-order chi connectivity index (χ0) is 15.5. The first-order valence-corrected chi connectivity index (χ1v) is 9.33. The summed E-state index contributed by atoms with van der Waals surface area (Å²) >= 11 is 1.39. The Balaban J connectivity index is 2.01. The average Bonchev–Trinajstić information content (AvgIpc) is 2.90. The Bertz CT molecular complexity index is 815. The number of hydrogen-bond donors (Lipinski definition) is 1. The molecule has 1 aromatic carbocycles. The summed E-state index contributed by atoms with van der Waals surface area (Å²) in [7, 11) is -1.07. The number of benzene rings is 1.